The Bertz CT molecular complexity index is 394. The molecular weight excluding hydrogens is 248 g/mol. The van der Waals surface area contributed by atoms with E-state index in [2.05, 4.69) is 37.9 Å². The summed E-state index contributed by atoms with van der Waals surface area (Å²) in [6, 6.07) is 0. The molecule has 0 aromatic rings. The number of hydrogen-bond donors (Lipinski definition) is 1. The highest BCUT2D eigenvalue weighted by atomic mass is 16.2. The Morgan fingerprint density at radius 3 is 2.60 bits per heavy atom. The molecule has 0 aromatic carbocycles. The van der Waals surface area contributed by atoms with E-state index in [9.17, 15) is 4.79 Å². The molecule has 0 radical (unpaired) electrons. The lowest BCUT2D eigenvalue weighted by Crippen LogP contribution is -2.45. The van der Waals surface area contributed by atoms with Crippen molar-refractivity contribution in [1.29, 1.82) is 0 Å². The Morgan fingerprint density at radius 2 is 2.10 bits per heavy atom. The van der Waals surface area contributed by atoms with Crippen molar-refractivity contribution >= 4 is 5.91 Å². The minimum atomic E-state index is -0.341. The number of amides is 1. The summed E-state index contributed by atoms with van der Waals surface area (Å²) in [6.07, 6.45) is 6.74. The highest BCUT2D eigenvalue weighted by Crippen LogP contribution is 2.49. The van der Waals surface area contributed by atoms with Crippen molar-refractivity contribution in [3.8, 4) is 0 Å². The maximum absolute atomic E-state index is 12.8. The molecule has 1 N–H and O–H groups in total. The summed E-state index contributed by atoms with van der Waals surface area (Å²) in [5.41, 5.74) is -0.341. The monoisotopic (exact) mass is 278 g/mol. The minimum Gasteiger partial charge on any atom is -0.325 e. The van der Waals surface area contributed by atoms with Gasteiger partial charge in [-0.15, -0.1) is 0 Å². The number of carbonyl (C=O) groups is 1. The summed E-state index contributed by atoms with van der Waals surface area (Å²) in [4.78, 5) is 15.0. The molecule has 3 heteroatoms. The molecule has 3 aliphatic rings. The standard InChI is InChI=1S/C17H30N2O/c1-5-17(4)16(20)19(15(18-17)11(2)3)10-14-9-12-6-7-13(14)8-12/h11-15,18H,5-10H2,1-4H3. The van der Waals surface area contributed by atoms with E-state index in [0.717, 1.165) is 30.7 Å². The maximum Gasteiger partial charge on any atom is 0.243 e. The third-order valence-corrected chi connectivity index (χ3v) is 6.19. The first-order chi connectivity index (χ1) is 9.44. The van der Waals surface area contributed by atoms with Crippen LogP contribution in [0, 0.1) is 23.7 Å². The lowest BCUT2D eigenvalue weighted by Gasteiger charge is -2.32. The minimum absolute atomic E-state index is 0.228. The average molecular weight is 278 g/mol. The molecule has 2 bridgehead atoms. The SMILES string of the molecule is CCC1(C)NC(C(C)C)N(CC2CC3CCC2C3)C1=O. The largest absolute Gasteiger partial charge is 0.325 e. The van der Waals surface area contributed by atoms with Crippen LogP contribution >= 0.6 is 0 Å². The van der Waals surface area contributed by atoms with Crippen molar-refractivity contribution < 1.29 is 4.79 Å². The van der Waals surface area contributed by atoms with E-state index in [1.54, 1.807) is 0 Å². The molecule has 2 aliphatic carbocycles. The van der Waals surface area contributed by atoms with Gasteiger partial charge in [-0.25, -0.2) is 0 Å². The van der Waals surface area contributed by atoms with Gasteiger partial charge in [0, 0.05) is 6.54 Å². The number of hydrogen-bond acceptors (Lipinski definition) is 2. The third kappa shape index (κ3) is 2.18. The van der Waals surface area contributed by atoms with Gasteiger partial charge in [-0.2, -0.15) is 0 Å². The smallest absolute Gasteiger partial charge is 0.243 e. The molecule has 3 nitrogen and oxygen atoms in total. The van der Waals surface area contributed by atoms with Crippen LogP contribution in [0.3, 0.4) is 0 Å². The van der Waals surface area contributed by atoms with Crippen molar-refractivity contribution in [2.45, 2.75) is 71.5 Å². The first-order valence-corrected chi connectivity index (χ1v) is 8.53. The zero-order chi connectivity index (χ0) is 14.5. The highest BCUT2D eigenvalue weighted by molar-refractivity contribution is 5.88. The molecule has 1 amide bonds. The van der Waals surface area contributed by atoms with Gasteiger partial charge in [-0.3, -0.25) is 10.1 Å². The molecular formula is C17H30N2O. The van der Waals surface area contributed by atoms with Crippen LogP contribution in [0.5, 0.6) is 0 Å². The third-order valence-electron chi connectivity index (χ3n) is 6.19. The highest BCUT2D eigenvalue weighted by Gasteiger charge is 2.49. The van der Waals surface area contributed by atoms with Crippen LogP contribution < -0.4 is 5.32 Å². The van der Waals surface area contributed by atoms with Crippen molar-refractivity contribution in [3.63, 3.8) is 0 Å². The molecule has 0 aromatic heterocycles. The van der Waals surface area contributed by atoms with Crippen LogP contribution in [-0.4, -0.2) is 29.1 Å². The van der Waals surface area contributed by atoms with E-state index in [0.29, 0.717) is 11.8 Å². The van der Waals surface area contributed by atoms with Gasteiger partial charge in [-0.05, 0) is 56.3 Å². The average Bonchev–Trinajstić information content (AvgIpc) is 3.08. The van der Waals surface area contributed by atoms with E-state index < -0.39 is 0 Å². The van der Waals surface area contributed by atoms with Crippen molar-refractivity contribution in [1.82, 2.24) is 10.2 Å². The Labute approximate surface area is 123 Å². The molecule has 5 atom stereocenters. The normalized spacial score (nSPS) is 44.0. The van der Waals surface area contributed by atoms with E-state index in [1.165, 1.54) is 25.7 Å². The van der Waals surface area contributed by atoms with Crippen molar-refractivity contribution in [2.24, 2.45) is 23.7 Å². The van der Waals surface area contributed by atoms with E-state index in [4.69, 9.17) is 0 Å². The molecule has 1 saturated heterocycles. The second-order valence-corrected chi connectivity index (χ2v) is 7.91. The van der Waals surface area contributed by atoms with Crippen LogP contribution in [0.2, 0.25) is 0 Å². The number of nitrogens with zero attached hydrogens (tertiary/aromatic N) is 1. The fraction of sp³-hybridized carbons (Fsp3) is 0.941. The molecule has 1 aliphatic heterocycles. The molecule has 1 heterocycles. The first kappa shape index (κ1) is 14.4. The number of nitrogens with one attached hydrogen (secondary N) is 1. The second-order valence-electron chi connectivity index (χ2n) is 7.91. The first-order valence-electron chi connectivity index (χ1n) is 8.53. The number of rotatable bonds is 4. The summed E-state index contributed by atoms with van der Waals surface area (Å²) < 4.78 is 0. The zero-order valence-electron chi connectivity index (χ0n) is 13.5. The predicted molar refractivity (Wildman–Crippen MR) is 81.1 cm³/mol. The van der Waals surface area contributed by atoms with Crippen LogP contribution in [0.4, 0.5) is 0 Å². The summed E-state index contributed by atoms with van der Waals surface area (Å²) in [7, 11) is 0. The van der Waals surface area contributed by atoms with Gasteiger partial charge in [0.25, 0.3) is 0 Å². The van der Waals surface area contributed by atoms with E-state index >= 15 is 0 Å². The fourth-order valence-corrected chi connectivity index (χ4v) is 4.74. The maximum atomic E-state index is 12.8. The summed E-state index contributed by atoms with van der Waals surface area (Å²) in [5.74, 6) is 3.44. The molecule has 114 valence electrons. The predicted octanol–water partition coefficient (Wildman–Crippen LogP) is 3.01. The van der Waals surface area contributed by atoms with Gasteiger partial charge < -0.3 is 4.90 Å². The van der Waals surface area contributed by atoms with Crippen LogP contribution in [0.1, 0.15) is 59.8 Å². The van der Waals surface area contributed by atoms with Crippen molar-refractivity contribution in [2.75, 3.05) is 6.54 Å². The van der Waals surface area contributed by atoms with Crippen LogP contribution in [0.15, 0.2) is 0 Å². The Morgan fingerprint density at radius 1 is 1.35 bits per heavy atom. The van der Waals surface area contributed by atoms with E-state index in [-0.39, 0.29) is 11.7 Å². The zero-order valence-corrected chi connectivity index (χ0v) is 13.5. The number of carbonyl (C=O) groups excluding carboxylic acids is 1. The molecule has 3 fully saturated rings. The molecule has 2 saturated carbocycles. The molecule has 5 unspecified atom stereocenters. The topological polar surface area (TPSA) is 32.3 Å². The van der Waals surface area contributed by atoms with E-state index in [1.807, 2.05) is 0 Å². The lowest BCUT2D eigenvalue weighted by atomic mass is 9.88. The Hall–Kier alpha value is -0.570. The van der Waals surface area contributed by atoms with Gasteiger partial charge in [0.1, 0.15) is 0 Å². The summed E-state index contributed by atoms with van der Waals surface area (Å²) in [5, 5.41) is 3.61. The fourth-order valence-electron chi connectivity index (χ4n) is 4.74. The quantitative estimate of drug-likeness (QED) is 0.857. The van der Waals surface area contributed by atoms with Crippen LogP contribution in [-0.2, 0) is 4.79 Å². The lowest BCUT2D eigenvalue weighted by molar-refractivity contribution is -0.134. The Kier molecular flexibility index (Phi) is 3.60. The van der Waals surface area contributed by atoms with Gasteiger partial charge in [-0.1, -0.05) is 27.2 Å². The van der Waals surface area contributed by atoms with Gasteiger partial charge in [0.15, 0.2) is 0 Å². The van der Waals surface area contributed by atoms with Gasteiger partial charge in [0.2, 0.25) is 5.91 Å². The number of fused-ring (bicyclic) bond motifs is 2. The van der Waals surface area contributed by atoms with Gasteiger partial charge >= 0.3 is 0 Å². The molecule has 20 heavy (non-hydrogen) atoms. The van der Waals surface area contributed by atoms with Crippen LogP contribution in [0.25, 0.3) is 0 Å². The molecule has 3 rings (SSSR count). The van der Waals surface area contributed by atoms with Gasteiger partial charge in [0.05, 0.1) is 11.7 Å². The second kappa shape index (κ2) is 5.01. The summed E-state index contributed by atoms with van der Waals surface area (Å²) >= 11 is 0. The molecule has 0 spiro atoms. The van der Waals surface area contributed by atoms with Crippen molar-refractivity contribution in [3.05, 3.63) is 0 Å². The Balaban J connectivity index is 1.74. The summed E-state index contributed by atoms with van der Waals surface area (Å²) in [6.45, 7) is 9.63.